The van der Waals surface area contributed by atoms with Crippen molar-refractivity contribution in [1.29, 1.82) is 0 Å². The average molecular weight is 231 g/mol. The van der Waals surface area contributed by atoms with Gasteiger partial charge in [0.1, 0.15) is 6.04 Å². The van der Waals surface area contributed by atoms with Gasteiger partial charge in [0.2, 0.25) is 5.91 Å². The highest BCUT2D eigenvalue weighted by molar-refractivity contribution is 5.83. The van der Waals surface area contributed by atoms with Crippen molar-refractivity contribution in [2.75, 3.05) is 7.11 Å². The van der Waals surface area contributed by atoms with E-state index < -0.39 is 12.0 Å². The number of hydrogen-bond donors (Lipinski definition) is 2. The number of amides is 1. The number of carboxylic acid groups (broad SMARTS) is 1. The minimum absolute atomic E-state index is 0.0840. The first kappa shape index (κ1) is 14.9. The van der Waals surface area contributed by atoms with Crippen molar-refractivity contribution in [2.45, 2.75) is 45.8 Å². The number of methoxy groups -OCH3 is 1. The second kappa shape index (κ2) is 7.22. The van der Waals surface area contributed by atoms with Gasteiger partial charge in [-0.1, -0.05) is 20.3 Å². The van der Waals surface area contributed by atoms with Crippen molar-refractivity contribution in [3.8, 4) is 0 Å². The number of rotatable bonds is 7. The number of carbonyl (C=O) groups excluding carboxylic acids is 1. The molecule has 3 atom stereocenters. The topological polar surface area (TPSA) is 75.6 Å². The van der Waals surface area contributed by atoms with Crippen LogP contribution < -0.4 is 5.32 Å². The summed E-state index contributed by atoms with van der Waals surface area (Å²) >= 11 is 0. The van der Waals surface area contributed by atoms with Gasteiger partial charge in [-0.3, -0.25) is 4.79 Å². The van der Waals surface area contributed by atoms with Crippen LogP contribution in [0.3, 0.4) is 0 Å². The molecule has 3 unspecified atom stereocenters. The quantitative estimate of drug-likeness (QED) is 0.686. The zero-order valence-corrected chi connectivity index (χ0v) is 10.3. The van der Waals surface area contributed by atoms with Crippen molar-refractivity contribution in [3.05, 3.63) is 0 Å². The van der Waals surface area contributed by atoms with Gasteiger partial charge < -0.3 is 15.2 Å². The maximum atomic E-state index is 11.5. The molecule has 0 aliphatic carbocycles. The monoisotopic (exact) mass is 231 g/mol. The van der Waals surface area contributed by atoms with Gasteiger partial charge in [0.25, 0.3) is 0 Å². The van der Waals surface area contributed by atoms with Crippen LogP contribution in [0, 0.1) is 5.92 Å². The van der Waals surface area contributed by atoms with E-state index in [4.69, 9.17) is 9.84 Å². The molecule has 0 saturated heterocycles. The average Bonchev–Trinajstić information content (AvgIpc) is 2.24. The largest absolute Gasteiger partial charge is 0.480 e. The molecule has 5 heteroatoms. The van der Waals surface area contributed by atoms with Crippen LogP contribution in [0.2, 0.25) is 0 Å². The fourth-order valence-electron chi connectivity index (χ4n) is 1.26. The second-order valence-electron chi connectivity index (χ2n) is 4.02. The molecule has 0 aromatic heterocycles. The number of hydrogen-bond acceptors (Lipinski definition) is 3. The molecule has 0 bridgehead atoms. The number of nitrogens with one attached hydrogen (secondary N) is 1. The van der Waals surface area contributed by atoms with E-state index in [0.29, 0.717) is 6.42 Å². The number of carboxylic acids is 1. The molecule has 0 aromatic carbocycles. The summed E-state index contributed by atoms with van der Waals surface area (Å²) in [5.74, 6) is -1.37. The Labute approximate surface area is 96.2 Å². The first-order valence-electron chi connectivity index (χ1n) is 5.47. The van der Waals surface area contributed by atoms with Crippen molar-refractivity contribution in [1.82, 2.24) is 5.32 Å². The third-order valence-corrected chi connectivity index (χ3v) is 2.67. The minimum atomic E-state index is -0.993. The highest BCUT2D eigenvalue weighted by atomic mass is 16.5. The Morgan fingerprint density at radius 3 is 2.31 bits per heavy atom. The van der Waals surface area contributed by atoms with Crippen LogP contribution in [-0.2, 0) is 14.3 Å². The summed E-state index contributed by atoms with van der Waals surface area (Å²) in [4.78, 5) is 22.4. The van der Waals surface area contributed by atoms with Gasteiger partial charge in [-0.15, -0.1) is 0 Å². The third kappa shape index (κ3) is 5.11. The fraction of sp³-hybridized carbons (Fsp3) is 0.818. The van der Waals surface area contributed by atoms with Crippen LogP contribution in [0.4, 0.5) is 0 Å². The lowest BCUT2D eigenvalue weighted by Crippen LogP contribution is -2.45. The Kier molecular flexibility index (Phi) is 6.72. The van der Waals surface area contributed by atoms with Crippen molar-refractivity contribution in [3.63, 3.8) is 0 Å². The van der Waals surface area contributed by atoms with Gasteiger partial charge in [0, 0.05) is 7.11 Å². The molecule has 94 valence electrons. The molecule has 0 saturated carbocycles. The zero-order chi connectivity index (χ0) is 12.7. The second-order valence-corrected chi connectivity index (χ2v) is 4.02. The van der Waals surface area contributed by atoms with Gasteiger partial charge in [-0.25, -0.2) is 4.79 Å². The molecule has 0 aliphatic heterocycles. The molecule has 0 aromatic rings. The zero-order valence-electron chi connectivity index (χ0n) is 10.3. The molecule has 16 heavy (non-hydrogen) atoms. The summed E-state index contributed by atoms with van der Waals surface area (Å²) < 4.78 is 4.94. The van der Waals surface area contributed by atoms with E-state index in [9.17, 15) is 9.59 Å². The van der Waals surface area contributed by atoms with E-state index in [-0.39, 0.29) is 24.3 Å². The first-order valence-corrected chi connectivity index (χ1v) is 5.47. The molecule has 0 radical (unpaired) electrons. The normalized spacial score (nSPS) is 16.2. The van der Waals surface area contributed by atoms with E-state index >= 15 is 0 Å². The predicted molar refractivity (Wildman–Crippen MR) is 60.1 cm³/mol. The smallest absolute Gasteiger partial charge is 0.326 e. The van der Waals surface area contributed by atoms with Crippen molar-refractivity contribution >= 4 is 11.9 Å². The van der Waals surface area contributed by atoms with Gasteiger partial charge in [0.05, 0.1) is 12.5 Å². The van der Waals surface area contributed by atoms with E-state index in [1.165, 1.54) is 7.11 Å². The molecular weight excluding hydrogens is 210 g/mol. The van der Waals surface area contributed by atoms with Crippen LogP contribution in [0.15, 0.2) is 0 Å². The van der Waals surface area contributed by atoms with Crippen LogP contribution in [-0.4, -0.2) is 36.2 Å². The lowest BCUT2D eigenvalue weighted by molar-refractivity contribution is -0.143. The molecule has 0 aliphatic rings. The van der Waals surface area contributed by atoms with Gasteiger partial charge >= 0.3 is 5.97 Å². The summed E-state index contributed by atoms with van der Waals surface area (Å²) in [5, 5.41) is 11.5. The van der Waals surface area contributed by atoms with Gasteiger partial charge in [-0.2, -0.15) is 0 Å². The molecule has 0 rings (SSSR count). The SMILES string of the molecule is CCC(C)C(NC(=O)CC(C)OC)C(=O)O. The third-order valence-electron chi connectivity index (χ3n) is 2.67. The summed E-state index contributed by atoms with van der Waals surface area (Å²) in [6.07, 6.45) is 0.680. The summed E-state index contributed by atoms with van der Waals surface area (Å²) in [7, 11) is 1.52. The van der Waals surface area contributed by atoms with Crippen molar-refractivity contribution in [2.24, 2.45) is 5.92 Å². The van der Waals surface area contributed by atoms with Crippen LogP contribution in [0.25, 0.3) is 0 Å². The highest BCUT2D eigenvalue weighted by Crippen LogP contribution is 2.08. The molecule has 1 amide bonds. The molecular formula is C11H21NO4. The lowest BCUT2D eigenvalue weighted by Gasteiger charge is -2.20. The standard InChI is InChI=1S/C11H21NO4/c1-5-7(2)10(11(14)15)12-9(13)6-8(3)16-4/h7-8,10H,5-6H2,1-4H3,(H,12,13)(H,14,15). The van der Waals surface area contributed by atoms with Crippen molar-refractivity contribution < 1.29 is 19.4 Å². The van der Waals surface area contributed by atoms with E-state index in [0.717, 1.165) is 0 Å². The maximum absolute atomic E-state index is 11.5. The first-order chi connectivity index (χ1) is 7.42. The van der Waals surface area contributed by atoms with Crippen LogP contribution >= 0.6 is 0 Å². The van der Waals surface area contributed by atoms with E-state index in [1.54, 1.807) is 13.8 Å². The lowest BCUT2D eigenvalue weighted by atomic mass is 9.99. The van der Waals surface area contributed by atoms with Crippen LogP contribution in [0.1, 0.15) is 33.6 Å². The summed E-state index contributed by atoms with van der Waals surface area (Å²) in [6, 6.07) is -0.818. The van der Waals surface area contributed by atoms with Gasteiger partial charge in [-0.05, 0) is 12.8 Å². The number of aliphatic carboxylic acids is 1. The Morgan fingerprint density at radius 2 is 1.94 bits per heavy atom. The Balaban J connectivity index is 4.30. The molecule has 0 heterocycles. The number of ether oxygens (including phenoxy) is 1. The predicted octanol–water partition coefficient (Wildman–Crippen LogP) is 1.03. The molecule has 0 spiro atoms. The van der Waals surface area contributed by atoms with Crippen LogP contribution in [0.5, 0.6) is 0 Å². The summed E-state index contributed by atoms with van der Waals surface area (Å²) in [6.45, 7) is 5.46. The minimum Gasteiger partial charge on any atom is -0.480 e. The Morgan fingerprint density at radius 1 is 1.38 bits per heavy atom. The summed E-state index contributed by atoms with van der Waals surface area (Å²) in [5.41, 5.74) is 0. The highest BCUT2D eigenvalue weighted by Gasteiger charge is 2.25. The molecule has 5 nitrogen and oxygen atoms in total. The van der Waals surface area contributed by atoms with Gasteiger partial charge in [0.15, 0.2) is 0 Å². The Bertz CT molecular complexity index is 242. The number of carbonyl (C=O) groups is 2. The Hall–Kier alpha value is -1.10. The molecule has 0 fully saturated rings. The maximum Gasteiger partial charge on any atom is 0.326 e. The fourth-order valence-corrected chi connectivity index (χ4v) is 1.26. The van der Waals surface area contributed by atoms with E-state index in [1.807, 2.05) is 6.92 Å². The van der Waals surface area contributed by atoms with E-state index in [2.05, 4.69) is 5.32 Å². The molecule has 2 N–H and O–H groups in total.